The number of benzene rings is 1. The van der Waals surface area contributed by atoms with Crippen LogP contribution in [0.15, 0.2) is 12.1 Å². The number of nitrogens with one attached hydrogen (secondary N) is 1. The Balaban J connectivity index is 2.93. The van der Waals surface area contributed by atoms with E-state index in [-0.39, 0.29) is 11.6 Å². The number of amides is 1. The molecule has 0 saturated heterocycles. The van der Waals surface area contributed by atoms with E-state index in [1.165, 1.54) is 0 Å². The molecule has 0 aliphatic heterocycles. The highest BCUT2D eigenvalue weighted by atomic mass is 35.5. The van der Waals surface area contributed by atoms with Crippen LogP contribution < -0.4 is 5.32 Å². The Labute approximate surface area is 102 Å². The van der Waals surface area contributed by atoms with E-state index in [2.05, 4.69) is 5.32 Å². The Bertz CT molecular complexity index is 422. The summed E-state index contributed by atoms with van der Waals surface area (Å²) in [7, 11) is 0. The largest absolute Gasteiger partial charge is 0.394 e. The second kappa shape index (κ2) is 5.93. The van der Waals surface area contributed by atoms with E-state index in [0.29, 0.717) is 6.42 Å². The van der Waals surface area contributed by atoms with E-state index in [1.807, 2.05) is 0 Å². The minimum atomic E-state index is -0.901. The first kappa shape index (κ1) is 13.9. The lowest BCUT2D eigenvalue weighted by atomic mass is 10.1. The van der Waals surface area contributed by atoms with Gasteiger partial charge in [0.1, 0.15) is 11.6 Å². The molecular formula is C11H12ClF2NO2. The Hall–Kier alpha value is -1.20. The number of halogens is 3. The van der Waals surface area contributed by atoms with Crippen LogP contribution in [0.1, 0.15) is 23.7 Å². The maximum absolute atomic E-state index is 13.4. The third-order valence-corrected chi connectivity index (χ3v) is 2.59. The third kappa shape index (κ3) is 3.38. The van der Waals surface area contributed by atoms with Gasteiger partial charge < -0.3 is 10.4 Å². The minimum Gasteiger partial charge on any atom is -0.394 e. The molecule has 1 rings (SSSR count). The molecule has 2 N–H and O–H groups in total. The summed E-state index contributed by atoms with van der Waals surface area (Å²) in [5.74, 6) is -2.55. The van der Waals surface area contributed by atoms with E-state index in [9.17, 15) is 13.6 Å². The van der Waals surface area contributed by atoms with Gasteiger partial charge in [-0.15, -0.1) is 0 Å². The van der Waals surface area contributed by atoms with Gasteiger partial charge in [-0.2, -0.15) is 0 Å². The lowest BCUT2D eigenvalue weighted by molar-refractivity contribution is 0.0910. The summed E-state index contributed by atoms with van der Waals surface area (Å²) in [5.41, 5.74) is -0.432. The molecule has 6 heteroatoms. The van der Waals surface area contributed by atoms with Gasteiger partial charge >= 0.3 is 0 Å². The molecule has 0 aromatic heterocycles. The molecule has 1 aromatic rings. The molecule has 0 fully saturated rings. The van der Waals surface area contributed by atoms with Crippen molar-refractivity contribution in [3.63, 3.8) is 0 Å². The fraction of sp³-hybridized carbons (Fsp3) is 0.364. The highest BCUT2D eigenvalue weighted by molar-refractivity contribution is 6.30. The number of aliphatic hydroxyl groups is 1. The summed E-state index contributed by atoms with van der Waals surface area (Å²) in [5, 5.41) is 10.9. The zero-order chi connectivity index (χ0) is 13.0. The summed E-state index contributed by atoms with van der Waals surface area (Å²) in [6, 6.07) is 0.989. The van der Waals surface area contributed by atoms with Crippen molar-refractivity contribution in [1.82, 2.24) is 5.32 Å². The lowest BCUT2D eigenvalue weighted by Gasteiger charge is -2.14. The van der Waals surface area contributed by atoms with Crippen molar-refractivity contribution in [1.29, 1.82) is 0 Å². The number of aliphatic hydroxyl groups excluding tert-OH is 1. The van der Waals surface area contributed by atoms with Crippen molar-refractivity contribution >= 4 is 17.5 Å². The van der Waals surface area contributed by atoms with Crippen molar-refractivity contribution < 1.29 is 18.7 Å². The lowest BCUT2D eigenvalue weighted by Crippen LogP contribution is -2.37. The molecule has 0 heterocycles. The van der Waals surface area contributed by atoms with Gasteiger partial charge in [-0.3, -0.25) is 4.79 Å². The predicted molar refractivity (Wildman–Crippen MR) is 60.0 cm³/mol. The number of hydrogen-bond donors (Lipinski definition) is 2. The minimum absolute atomic E-state index is 0.264. The van der Waals surface area contributed by atoms with Gasteiger partial charge in [-0.1, -0.05) is 18.5 Å². The first-order valence-corrected chi connectivity index (χ1v) is 5.43. The zero-order valence-electron chi connectivity index (χ0n) is 9.14. The molecular weight excluding hydrogens is 252 g/mol. The van der Waals surface area contributed by atoms with Crippen LogP contribution in [0, 0.1) is 11.6 Å². The van der Waals surface area contributed by atoms with Crippen LogP contribution in [0.5, 0.6) is 0 Å². The predicted octanol–water partition coefficient (Wildman–Crippen LogP) is 2.12. The Morgan fingerprint density at radius 3 is 2.65 bits per heavy atom. The van der Waals surface area contributed by atoms with Crippen LogP contribution in [0.2, 0.25) is 5.02 Å². The van der Waals surface area contributed by atoms with Crippen LogP contribution in [-0.2, 0) is 0 Å². The fourth-order valence-electron chi connectivity index (χ4n) is 1.24. The topological polar surface area (TPSA) is 49.3 Å². The van der Waals surface area contributed by atoms with Crippen LogP contribution in [0.4, 0.5) is 8.78 Å². The molecule has 0 bridgehead atoms. The molecule has 1 aromatic carbocycles. The summed E-state index contributed by atoms with van der Waals surface area (Å²) in [6.45, 7) is 1.49. The standard InChI is InChI=1S/C11H12ClF2NO2/c1-2-6(5-16)15-11(17)7-3-10(14)8(12)4-9(7)13/h3-4,6,16H,2,5H2,1H3,(H,15,17)/t6-/m1/s1. The van der Waals surface area contributed by atoms with Gasteiger partial charge in [0.25, 0.3) is 5.91 Å². The van der Waals surface area contributed by atoms with E-state index in [0.717, 1.165) is 12.1 Å². The van der Waals surface area contributed by atoms with Gasteiger partial charge in [-0.25, -0.2) is 8.78 Å². The van der Waals surface area contributed by atoms with E-state index < -0.39 is 29.1 Å². The monoisotopic (exact) mass is 263 g/mol. The van der Waals surface area contributed by atoms with Gasteiger partial charge in [0.05, 0.1) is 23.2 Å². The zero-order valence-corrected chi connectivity index (χ0v) is 9.89. The molecule has 0 radical (unpaired) electrons. The molecule has 17 heavy (non-hydrogen) atoms. The van der Waals surface area contributed by atoms with Crippen LogP contribution in [-0.4, -0.2) is 23.7 Å². The number of hydrogen-bond acceptors (Lipinski definition) is 2. The first-order valence-electron chi connectivity index (χ1n) is 5.05. The second-order valence-electron chi connectivity index (χ2n) is 3.51. The van der Waals surface area contributed by atoms with Crippen LogP contribution in [0.25, 0.3) is 0 Å². The highest BCUT2D eigenvalue weighted by Crippen LogP contribution is 2.19. The molecule has 1 amide bonds. The molecule has 0 saturated carbocycles. The average molecular weight is 264 g/mol. The summed E-state index contributed by atoms with van der Waals surface area (Å²) >= 11 is 5.36. The highest BCUT2D eigenvalue weighted by Gasteiger charge is 2.17. The summed E-state index contributed by atoms with van der Waals surface area (Å²) < 4.78 is 26.5. The molecule has 1 atom stereocenters. The first-order chi connectivity index (χ1) is 7.99. The Kier molecular flexibility index (Phi) is 4.84. The van der Waals surface area contributed by atoms with E-state index in [1.54, 1.807) is 6.92 Å². The second-order valence-corrected chi connectivity index (χ2v) is 3.91. The molecule has 0 spiro atoms. The van der Waals surface area contributed by atoms with Gasteiger partial charge in [0.2, 0.25) is 0 Å². The van der Waals surface area contributed by atoms with Crippen molar-refractivity contribution in [2.45, 2.75) is 19.4 Å². The molecule has 94 valence electrons. The van der Waals surface area contributed by atoms with Crippen LogP contribution >= 0.6 is 11.6 Å². The van der Waals surface area contributed by atoms with Crippen molar-refractivity contribution in [3.05, 3.63) is 34.4 Å². The molecule has 0 unspecified atom stereocenters. The van der Waals surface area contributed by atoms with E-state index in [4.69, 9.17) is 16.7 Å². The normalized spacial score (nSPS) is 12.3. The van der Waals surface area contributed by atoms with Crippen molar-refractivity contribution in [2.75, 3.05) is 6.61 Å². The number of carbonyl (C=O) groups is 1. The maximum atomic E-state index is 13.4. The molecule has 0 aliphatic carbocycles. The third-order valence-electron chi connectivity index (χ3n) is 2.30. The fourth-order valence-corrected chi connectivity index (χ4v) is 1.39. The Morgan fingerprint density at radius 2 is 2.12 bits per heavy atom. The maximum Gasteiger partial charge on any atom is 0.254 e. The quantitative estimate of drug-likeness (QED) is 0.818. The van der Waals surface area contributed by atoms with E-state index >= 15 is 0 Å². The van der Waals surface area contributed by atoms with Crippen molar-refractivity contribution in [3.8, 4) is 0 Å². The summed E-state index contributed by atoms with van der Waals surface area (Å²) in [6.07, 6.45) is 0.486. The van der Waals surface area contributed by atoms with Crippen LogP contribution in [0.3, 0.4) is 0 Å². The molecule has 0 aliphatic rings. The molecule has 3 nitrogen and oxygen atoms in total. The average Bonchev–Trinajstić information content (AvgIpc) is 2.30. The number of rotatable bonds is 4. The van der Waals surface area contributed by atoms with Gasteiger partial charge in [0, 0.05) is 0 Å². The van der Waals surface area contributed by atoms with Gasteiger partial charge in [-0.05, 0) is 18.6 Å². The Morgan fingerprint density at radius 1 is 1.47 bits per heavy atom. The smallest absolute Gasteiger partial charge is 0.254 e. The summed E-state index contributed by atoms with van der Waals surface area (Å²) in [4.78, 5) is 11.6. The van der Waals surface area contributed by atoms with Crippen molar-refractivity contribution in [2.24, 2.45) is 0 Å². The van der Waals surface area contributed by atoms with Gasteiger partial charge in [0.15, 0.2) is 0 Å². The number of carbonyl (C=O) groups excluding carboxylic acids is 1. The SMILES string of the molecule is CC[C@H](CO)NC(=O)c1cc(F)c(Cl)cc1F.